The van der Waals surface area contributed by atoms with Gasteiger partial charge in [-0.15, -0.1) is 25.0 Å². The number of halogens is 4. The highest BCUT2D eigenvalue weighted by Gasteiger charge is 2.05. The molecular weight excluding hydrogens is 436 g/mol. The SMILES string of the molecule is Cl.Nc1ccc(Sc2ccccc2Cl)c(Cl)c1.Sc1ccccc1Cl. The molecule has 0 aliphatic rings. The van der Waals surface area contributed by atoms with Gasteiger partial charge < -0.3 is 5.73 Å². The summed E-state index contributed by atoms with van der Waals surface area (Å²) in [5.41, 5.74) is 6.29. The zero-order chi connectivity index (χ0) is 17.5. The zero-order valence-corrected chi connectivity index (χ0v) is 17.6. The third-order valence-electron chi connectivity index (χ3n) is 2.86. The molecular formula is C18H15Cl4NS2. The Hall–Kier alpha value is -0.680. The first kappa shape index (κ1) is 22.4. The van der Waals surface area contributed by atoms with Crippen LogP contribution in [0.2, 0.25) is 15.1 Å². The smallest absolute Gasteiger partial charge is 0.0565 e. The van der Waals surface area contributed by atoms with Gasteiger partial charge >= 0.3 is 0 Å². The third-order valence-corrected chi connectivity index (χ3v) is 5.73. The van der Waals surface area contributed by atoms with Crippen LogP contribution in [0.5, 0.6) is 0 Å². The summed E-state index contributed by atoms with van der Waals surface area (Å²) >= 11 is 23.4. The predicted octanol–water partition coefficient (Wildman–Crippen LogP) is 7.78. The van der Waals surface area contributed by atoms with Crippen LogP contribution in [0.25, 0.3) is 0 Å². The average molecular weight is 451 g/mol. The van der Waals surface area contributed by atoms with Crippen molar-refractivity contribution in [3.8, 4) is 0 Å². The summed E-state index contributed by atoms with van der Waals surface area (Å²) in [6.07, 6.45) is 0. The standard InChI is InChI=1S/C12H9Cl2NS.C6H5ClS.ClH/c13-9-3-1-2-4-11(9)16-12-6-5-8(15)7-10(12)14;7-5-3-1-2-4-6(5)8;/h1-7H,15H2;1-4,8H;1H. The molecule has 3 rings (SSSR count). The Kier molecular flexibility index (Phi) is 9.95. The number of nitrogens with two attached hydrogens (primary N) is 1. The molecule has 0 bridgehead atoms. The number of hydrogen-bond acceptors (Lipinski definition) is 3. The van der Waals surface area contributed by atoms with Crippen LogP contribution in [-0.2, 0) is 0 Å². The lowest BCUT2D eigenvalue weighted by molar-refractivity contribution is 1.41. The van der Waals surface area contributed by atoms with E-state index in [0.717, 1.165) is 19.7 Å². The van der Waals surface area contributed by atoms with Crippen LogP contribution in [0.4, 0.5) is 5.69 Å². The van der Waals surface area contributed by atoms with E-state index in [1.165, 1.54) is 11.8 Å². The minimum atomic E-state index is 0. The molecule has 0 saturated heterocycles. The summed E-state index contributed by atoms with van der Waals surface area (Å²) in [5.74, 6) is 0. The van der Waals surface area contributed by atoms with Crippen molar-refractivity contribution in [1.82, 2.24) is 0 Å². The molecule has 1 nitrogen and oxygen atoms in total. The molecule has 0 aliphatic carbocycles. The fraction of sp³-hybridized carbons (Fsp3) is 0. The summed E-state index contributed by atoms with van der Waals surface area (Å²) in [5, 5.41) is 2.07. The second kappa shape index (κ2) is 11.1. The number of benzene rings is 3. The number of rotatable bonds is 2. The second-order valence-electron chi connectivity index (χ2n) is 4.67. The number of thiol groups is 1. The van der Waals surface area contributed by atoms with E-state index in [0.29, 0.717) is 15.7 Å². The molecule has 0 radical (unpaired) electrons. The first-order valence-corrected chi connectivity index (χ1v) is 9.28. The van der Waals surface area contributed by atoms with E-state index in [1.54, 1.807) is 6.07 Å². The summed E-state index contributed by atoms with van der Waals surface area (Å²) in [6.45, 7) is 0. The van der Waals surface area contributed by atoms with E-state index < -0.39 is 0 Å². The van der Waals surface area contributed by atoms with Gasteiger partial charge in [0.1, 0.15) is 0 Å². The molecule has 0 aromatic heterocycles. The lowest BCUT2D eigenvalue weighted by Gasteiger charge is -2.06. The highest BCUT2D eigenvalue weighted by atomic mass is 35.5. The van der Waals surface area contributed by atoms with E-state index in [9.17, 15) is 0 Å². The van der Waals surface area contributed by atoms with Crippen LogP contribution in [0.1, 0.15) is 0 Å². The van der Waals surface area contributed by atoms with Gasteiger partial charge in [0.05, 0.1) is 15.1 Å². The van der Waals surface area contributed by atoms with E-state index in [4.69, 9.17) is 40.5 Å². The largest absolute Gasteiger partial charge is 0.399 e. The van der Waals surface area contributed by atoms with Gasteiger partial charge in [-0.05, 0) is 42.5 Å². The van der Waals surface area contributed by atoms with Gasteiger partial charge in [0, 0.05) is 20.4 Å². The van der Waals surface area contributed by atoms with E-state index in [2.05, 4.69) is 12.6 Å². The molecule has 25 heavy (non-hydrogen) atoms. The highest BCUT2D eigenvalue weighted by molar-refractivity contribution is 7.99. The molecule has 0 atom stereocenters. The number of hydrogen-bond donors (Lipinski definition) is 2. The maximum atomic E-state index is 6.09. The predicted molar refractivity (Wildman–Crippen MR) is 117 cm³/mol. The Labute approximate surface area is 178 Å². The van der Waals surface area contributed by atoms with Gasteiger partial charge in [0.2, 0.25) is 0 Å². The molecule has 2 N–H and O–H groups in total. The summed E-state index contributed by atoms with van der Waals surface area (Å²) < 4.78 is 0. The average Bonchev–Trinajstić information content (AvgIpc) is 2.55. The van der Waals surface area contributed by atoms with E-state index in [1.807, 2.05) is 60.7 Å². The maximum Gasteiger partial charge on any atom is 0.0565 e. The Morgan fingerprint density at radius 2 is 1.28 bits per heavy atom. The molecule has 0 saturated carbocycles. The van der Waals surface area contributed by atoms with Crippen molar-refractivity contribution < 1.29 is 0 Å². The van der Waals surface area contributed by atoms with Crippen LogP contribution < -0.4 is 5.73 Å². The summed E-state index contributed by atoms with van der Waals surface area (Å²) in [7, 11) is 0. The van der Waals surface area contributed by atoms with Crippen molar-refractivity contribution in [3.63, 3.8) is 0 Å². The van der Waals surface area contributed by atoms with Crippen LogP contribution in [0.3, 0.4) is 0 Å². The fourth-order valence-corrected chi connectivity index (χ4v) is 3.39. The molecule has 3 aromatic carbocycles. The molecule has 3 aromatic rings. The van der Waals surface area contributed by atoms with Gasteiger partial charge in [-0.1, -0.05) is 70.8 Å². The Morgan fingerprint density at radius 3 is 1.80 bits per heavy atom. The molecule has 0 aliphatic heterocycles. The molecule has 0 amide bonds. The van der Waals surface area contributed by atoms with E-state index >= 15 is 0 Å². The van der Waals surface area contributed by atoms with E-state index in [-0.39, 0.29) is 12.4 Å². The van der Waals surface area contributed by atoms with Crippen molar-refractivity contribution in [2.45, 2.75) is 14.7 Å². The molecule has 0 heterocycles. The van der Waals surface area contributed by atoms with Gasteiger partial charge in [-0.2, -0.15) is 0 Å². The minimum absolute atomic E-state index is 0. The molecule has 0 unspecified atom stereocenters. The van der Waals surface area contributed by atoms with Crippen molar-refractivity contribution in [2.24, 2.45) is 0 Å². The van der Waals surface area contributed by atoms with Gasteiger partial charge in [0.25, 0.3) is 0 Å². The van der Waals surface area contributed by atoms with Crippen molar-refractivity contribution in [1.29, 1.82) is 0 Å². The van der Waals surface area contributed by atoms with Crippen molar-refractivity contribution in [3.05, 3.63) is 81.8 Å². The Morgan fingerprint density at radius 1 is 0.720 bits per heavy atom. The van der Waals surface area contributed by atoms with Crippen LogP contribution in [0, 0.1) is 0 Å². The number of nitrogen functional groups attached to an aromatic ring is 1. The van der Waals surface area contributed by atoms with Crippen molar-refractivity contribution >= 4 is 77.3 Å². The van der Waals surface area contributed by atoms with Gasteiger partial charge in [0.15, 0.2) is 0 Å². The number of anilines is 1. The minimum Gasteiger partial charge on any atom is -0.399 e. The van der Waals surface area contributed by atoms with Gasteiger partial charge in [-0.3, -0.25) is 0 Å². The first-order valence-electron chi connectivity index (χ1n) is 6.88. The zero-order valence-electron chi connectivity index (χ0n) is 12.8. The lowest BCUT2D eigenvalue weighted by Crippen LogP contribution is -1.84. The molecule has 132 valence electrons. The topological polar surface area (TPSA) is 26.0 Å². The third kappa shape index (κ3) is 7.22. The maximum absolute atomic E-state index is 6.09. The first-order chi connectivity index (χ1) is 11.5. The van der Waals surface area contributed by atoms with Crippen LogP contribution >= 0.6 is 71.6 Å². The lowest BCUT2D eigenvalue weighted by atomic mass is 10.3. The summed E-state index contributed by atoms with van der Waals surface area (Å²) in [4.78, 5) is 2.76. The molecule has 0 fully saturated rings. The van der Waals surface area contributed by atoms with Crippen LogP contribution in [0.15, 0.2) is 81.4 Å². The molecule has 0 spiro atoms. The van der Waals surface area contributed by atoms with Gasteiger partial charge in [-0.25, -0.2) is 0 Å². The fourth-order valence-electron chi connectivity index (χ4n) is 1.70. The highest BCUT2D eigenvalue weighted by Crippen LogP contribution is 2.37. The Balaban J connectivity index is 0.000000295. The van der Waals surface area contributed by atoms with Crippen LogP contribution in [-0.4, -0.2) is 0 Å². The van der Waals surface area contributed by atoms with Crippen molar-refractivity contribution in [2.75, 3.05) is 5.73 Å². The normalized spacial score (nSPS) is 9.60. The quantitative estimate of drug-likeness (QED) is 0.308. The second-order valence-corrected chi connectivity index (χ2v) is 7.46. The Bertz CT molecular complexity index is 807. The molecule has 7 heteroatoms. The summed E-state index contributed by atoms with van der Waals surface area (Å²) in [6, 6.07) is 20.5. The monoisotopic (exact) mass is 449 g/mol.